The first-order chi connectivity index (χ1) is 9.56. The zero-order valence-corrected chi connectivity index (χ0v) is 13.4. The number of carbonyl (C=O) groups is 1. The standard InChI is InChI=1S/C15H14BrClN2O/c1-19(7-5-14-4-2-3-6-18-14)15(20)11-8-12(16)10-13(17)9-11/h2-4,6,8-10H,5,7H2,1H3. The van der Waals surface area contributed by atoms with Gasteiger partial charge in [-0.15, -0.1) is 0 Å². The fourth-order valence-electron chi connectivity index (χ4n) is 1.83. The Labute approximate surface area is 131 Å². The van der Waals surface area contributed by atoms with Crippen LogP contribution in [0.2, 0.25) is 5.02 Å². The normalized spacial score (nSPS) is 10.3. The van der Waals surface area contributed by atoms with E-state index in [1.54, 1.807) is 36.3 Å². The van der Waals surface area contributed by atoms with Gasteiger partial charge in [0.1, 0.15) is 0 Å². The number of amides is 1. The fraction of sp³-hybridized carbons (Fsp3) is 0.200. The van der Waals surface area contributed by atoms with E-state index in [4.69, 9.17) is 11.6 Å². The maximum atomic E-state index is 12.3. The van der Waals surface area contributed by atoms with Gasteiger partial charge in [0, 0.05) is 47.0 Å². The van der Waals surface area contributed by atoms with Crippen LogP contribution in [0.5, 0.6) is 0 Å². The van der Waals surface area contributed by atoms with Gasteiger partial charge >= 0.3 is 0 Å². The first kappa shape index (κ1) is 15.0. The number of aromatic nitrogens is 1. The molecule has 0 spiro atoms. The van der Waals surface area contributed by atoms with E-state index < -0.39 is 0 Å². The molecule has 104 valence electrons. The van der Waals surface area contributed by atoms with Crippen molar-refractivity contribution in [3.63, 3.8) is 0 Å². The van der Waals surface area contributed by atoms with Gasteiger partial charge in [-0.2, -0.15) is 0 Å². The predicted octanol–water partition coefficient (Wildman–Crippen LogP) is 3.81. The monoisotopic (exact) mass is 352 g/mol. The molecule has 0 aliphatic heterocycles. The lowest BCUT2D eigenvalue weighted by Gasteiger charge is -2.17. The quantitative estimate of drug-likeness (QED) is 0.837. The molecule has 20 heavy (non-hydrogen) atoms. The van der Waals surface area contributed by atoms with Crippen molar-refractivity contribution in [2.45, 2.75) is 6.42 Å². The van der Waals surface area contributed by atoms with Crippen LogP contribution in [0.3, 0.4) is 0 Å². The summed E-state index contributed by atoms with van der Waals surface area (Å²) in [4.78, 5) is 18.2. The summed E-state index contributed by atoms with van der Waals surface area (Å²) in [5.41, 5.74) is 1.55. The molecule has 0 N–H and O–H groups in total. The summed E-state index contributed by atoms with van der Waals surface area (Å²) in [6.45, 7) is 0.611. The molecule has 0 bridgehead atoms. The Balaban J connectivity index is 2.01. The lowest BCUT2D eigenvalue weighted by molar-refractivity contribution is 0.0796. The molecule has 0 radical (unpaired) electrons. The predicted molar refractivity (Wildman–Crippen MR) is 84.1 cm³/mol. The van der Waals surface area contributed by atoms with Gasteiger partial charge in [0.2, 0.25) is 0 Å². The third-order valence-corrected chi connectivity index (χ3v) is 3.56. The van der Waals surface area contributed by atoms with Crippen LogP contribution >= 0.6 is 27.5 Å². The average molecular weight is 354 g/mol. The van der Waals surface area contributed by atoms with Crippen molar-refractivity contribution >= 4 is 33.4 Å². The molecule has 0 saturated heterocycles. The van der Waals surface area contributed by atoms with Crippen LogP contribution in [0.15, 0.2) is 47.1 Å². The molecular formula is C15H14BrClN2O. The number of nitrogens with zero attached hydrogens (tertiary/aromatic N) is 2. The van der Waals surface area contributed by atoms with Gasteiger partial charge in [0.25, 0.3) is 5.91 Å². The SMILES string of the molecule is CN(CCc1ccccn1)C(=O)c1cc(Cl)cc(Br)c1. The van der Waals surface area contributed by atoms with Gasteiger partial charge in [-0.05, 0) is 30.3 Å². The second kappa shape index (κ2) is 6.86. The minimum absolute atomic E-state index is 0.0517. The zero-order chi connectivity index (χ0) is 14.5. The smallest absolute Gasteiger partial charge is 0.253 e. The highest BCUT2D eigenvalue weighted by Crippen LogP contribution is 2.20. The lowest BCUT2D eigenvalue weighted by atomic mass is 10.2. The van der Waals surface area contributed by atoms with Crippen molar-refractivity contribution in [1.29, 1.82) is 0 Å². The number of hydrogen-bond donors (Lipinski definition) is 0. The van der Waals surface area contributed by atoms with E-state index in [0.717, 1.165) is 16.6 Å². The van der Waals surface area contributed by atoms with E-state index in [2.05, 4.69) is 20.9 Å². The first-order valence-electron chi connectivity index (χ1n) is 6.18. The summed E-state index contributed by atoms with van der Waals surface area (Å²) in [6.07, 6.45) is 2.48. The Morgan fingerprint density at radius 1 is 1.35 bits per heavy atom. The third-order valence-electron chi connectivity index (χ3n) is 2.89. The summed E-state index contributed by atoms with van der Waals surface area (Å²) in [5.74, 6) is -0.0517. The largest absolute Gasteiger partial charge is 0.341 e. The molecule has 0 atom stereocenters. The highest BCUT2D eigenvalue weighted by Gasteiger charge is 2.13. The first-order valence-corrected chi connectivity index (χ1v) is 7.35. The summed E-state index contributed by atoms with van der Waals surface area (Å²) >= 11 is 9.30. The number of rotatable bonds is 4. The van der Waals surface area contributed by atoms with Gasteiger partial charge in [-0.25, -0.2) is 0 Å². The van der Waals surface area contributed by atoms with Crippen molar-refractivity contribution < 1.29 is 4.79 Å². The summed E-state index contributed by atoms with van der Waals surface area (Å²) in [5, 5.41) is 0.542. The van der Waals surface area contributed by atoms with Crippen LogP contribution in [-0.4, -0.2) is 29.4 Å². The van der Waals surface area contributed by atoms with Gasteiger partial charge < -0.3 is 4.90 Å². The van der Waals surface area contributed by atoms with Gasteiger partial charge in [0.15, 0.2) is 0 Å². The number of benzene rings is 1. The van der Waals surface area contributed by atoms with Crippen LogP contribution in [-0.2, 0) is 6.42 Å². The van der Waals surface area contributed by atoms with Crippen molar-refractivity contribution in [1.82, 2.24) is 9.88 Å². The summed E-state index contributed by atoms with van der Waals surface area (Å²) < 4.78 is 0.798. The van der Waals surface area contributed by atoms with Crippen LogP contribution in [0.1, 0.15) is 16.1 Å². The second-order valence-corrected chi connectivity index (χ2v) is 5.81. The average Bonchev–Trinajstić information content (AvgIpc) is 2.44. The summed E-state index contributed by atoms with van der Waals surface area (Å²) in [7, 11) is 1.78. The van der Waals surface area contributed by atoms with E-state index in [1.165, 1.54) is 0 Å². The molecule has 1 aromatic carbocycles. The number of pyridine rings is 1. The minimum atomic E-state index is -0.0517. The van der Waals surface area contributed by atoms with Crippen LogP contribution in [0, 0.1) is 0 Å². The second-order valence-electron chi connectivity index (χ2n) is 4.46. The molecule has 2 aromatic rings. The number of likely N-dealkylation sites (N-methyl/N-ethyl adjacent to an activating group) is 1. The van der Waals surface area contributed by atoms with E-state index in [9.17, 15) is 4.79 Å². The van der Waals surface area contributed by atoms with Gasteiger partial charge in [-0.3, -0.25) is 9.78 Å². The van der Waals surface area contributed by atoms with Gasteiger partial charge in [0.05, 0.1) is 0 Å². The maximum absolute atomic E-state index is 12.3. The van der Waals surface area contributed by atoms with Crippen LogP contribution in [0.25, 0.3) is 0 Å². The topological polar surface area (TPSA) is 33.2 Å². The Bertz CT molecular complexity index is 584. The Kier molecular flexibility index (Phi) is 5.15. The van der Waals surface area contributed by atoms with E-state index >= 15 is 0 Å². The lowest BCUT2D eigenvalue weighted by Crippen LogP contribution is -2.29. The van der Waals surface area contributed by atoms with E-state index in [1.807, 2.05) is 18.2 Å². The number of hydrogen-bond acceptors (Lipinski definition) is 2. The van der Waals surface area contributed by atoms with Gasteiger partial charge in [-0.1, -0.05) is 33.6 Å². The highest BCUT2D eigenvalue weighted by atomic mass is 79.9. The fourth-order valence-corrected chi connectivity index (χ4v) is 2.69. The summed E-state index contributed by atoms with van der Waals surface area (Å²) in [6, 6.07) is 11.0. The van der Waals surface area contributed by atoms with Crippen molar-refractivity contribution in [3.8, 4) is 0 Å². The molecule has 1 amide bonds. The van der Waals surface area contributed by atoms with Crippen molar-refractivity contribution in [3.05, 3.63) is 63.3 Å². The van der Waals surface area contributed by atoms with E-state index in [-0.39, 0.29) is 5.91 Å². The molecule has 0 aliphatic rings. The minimum Gasteiger partial charge on any atom is -0.341 e. The third kappa shape index (κ3) is 4.05. The molecule has 2 rings (SSSR count). The molecule has 0 aliphatic carbocycles. The Morgan fingerprint density at radius 3 is 2.80 bits per heavy atom. The maximum Gasteiger partial charge on any atom is 0.253 e. The molecule has 3 nitrogen and oxygen atoms in total. The van der Waals surface area contributed by atoms with E-state index in [0.29, 0.717) is 17.1 Å². The number of halogens is 2. The molecular weight excluding hydrogens is 340 g/mol. The zero-order valence-electron chi connectivity index (χ0n) is 11.0. The Hall–Kier alpha value is -1.39. The molecule has 1 heterocycles. The molecule has 0 unspecified atom stereocenters. The Morgan fingerprint density at radius 2 is 2.15 bits per heavy atom. The van der Waals surface area contributed by atoms with Crippen LogP contribution in [0.4, 0.5) is 0 Å². The van der Waals surface area contributed by atoms with Crippen molar-refractivity contribution in [2.75, 3.05) is 13.6 Å². The molecule has 0 saturated carbocycles. The molecule has 5 heteroatoms. The van der Waals surface area contributed by atoms with Crippen molar-refractivity contribution in [2.24, 2.45) is 0 Å². The highest BCUT2D eigenvalue weighted by molar-refractivity contribution is 9.10. The van der Waals surface area contributed by atoms with Crippen LogP contribution < -0.4 is 0 Å². The molecule has 0 fully saturated rings. The number of carbonyl (C=O) groups excluding carboxylic acids is 1. The molecule has 1 aromatic heterocycles.